The summed E-state index contributed by atoms with van der Waals surface area (Å²) in [4.78, 5) is 6.31. The zero-order valence-electron chi connectivity index (χ0n) is 9.53. The van der Waals surface area contributed by atoms with Crippen LogP contribution in [0.1, 0.15) is 25.8 Å². The van der Waals surface area contributed by atoms with E-state index >= 15 is 0 Å². The molecule has 3 heteroatoms. The standard InChI is InChI=1S/C12H19N3/c1-4-8-15(5-2)10(3)11-6-7-12(13)14-9-11/h6-7,9H,3-5,8H2,1-2H3,(H2,13,14). The average Bonchev–Trinajstić information content (AvgIpc) is 2.26. The fourth-order valence-electron chi connectivity index (χ4n) is 1.51. The van der Waals surface area contributed by atoms with Gasteiger partial charge in [0.2, 0.25) is 0 Å². The molecular weight excluding hydrogens is 186 g/mol. The maximum absolute atomic E-state index is 5.54. The Labute approximate surface area is 91.6 Å². The molecule has 1 rings (SSSR count). The van der Waals surface area contributed by atoms with Crippen LogP contribution in [0.3, 0.4) is 0 Å². The molecule has 0 aliphatic rings. The van der Waals surface area contributed by atoms with Crippen LogP contribution >= 0.6 is 0 Å². The topological polar surface area (TPSA) is 42.1 Å². The van der Waals surface area contributed by atoms with Crippen LogP contribution in [0.4, 0.5) is 5.82 Å². The molecule has 0 atom stereocenters. The molecule has 2 N–H and O–H groups in total. The Hall–Kier alpha value is -1.51. The number of pyridine rings is 1. The molecule has 1 aromatic heterocycles. The van der Waals surface area contributed by atoms with Crippen LogP contribution in [0.15, 0.2) is 24.9 Å². The minimum absolute atomic E-state index is 0.546. The minimum atomic E-state index is 0.546. The Morgan fingerprint density at radius 3 is 2.67 bits per heavy atom. The van der Waals surface area contributed by atoms with Crippen molar-refractivity contribution in [3.05, 3.63) is 30.5 Å². The fourth-order valence-corrected chi connectivity index (χ4v) is 1.51. The van der Waals surface area contributed by atoms with Crippen molar-refractivity contribution in [2.24, 2.45) is 0 Å². The SMILES string of the molecule is C=C(c1ccc(N)nc1)N(CC)CCC. The summed E-state index contributed by atoms with van der Waals surface area (Å²) in [5.41, 5.74) is 7.60. The molecule has 1 aromatic rings. The van der Waals surface area contributed by atoms with Gasteiger partial charge in [0.15, 0.2) is 0 Å². The number of aromatic nitrogens is 1. The van der Waals surface area contributed by atoms with E-state index in [0.717, 1.165) is 30.8 Å². The number of nitrogens with zero attached hydrogens (tertiary/aromatic N) is 2. The summed E-state index contributed by atoms with van der Waals surface area (Å²) in [6, 6.07) is 3.77. The smallest absolute Gasteiger partial charge is 0.123 e. The Kier molecular flexibility index (Phi) is 4.16. The highest BCUT2D eigenvalue weighted by Gasteiger charge is 2.06. The van der Waals surface area contributed by atoms with Crippen molar-refractivity contribution < 1.29 is 0 Å². The highest BCUT2D eigenvalue weighted by Crippen LogP contribution is 2.16. The zero-order valence-corrected chi connectivity index (χ0v) is 9.53. The lowest BCUT2D eigenvalue weighted by atomic mass is 10.2. The molecule has 0 aliphatic carbocycles. The van der Waals surface area contributed by atoms with Gasteiger partial charge >= 0.3 is 0 Å². The highest BCUT2D eigenvalue weighted by molar-refractivity contribution is 5.61. The molecule has 3 nitrogen and oxygen atoms in total. The zero-order chi connectivity index (χ0) is 11.3. The van der Waals surface area contributed by atoms with Crippen LogP contribution in [0.2, 0.25) is 0 Å². The van der Waals surface area contributed by atoms with E-state index in [0.29, 0.717) is 5.82 Å². The molecule has 0 spiro atoms. The third kappa shape index (κ3) is 2.98. The fraction of sp³-hybridized carbons (Fsp3) is 0.417. The third-order valence-electron chi connectivity index (χ3n) is 2.38. The summed E-state index contributed by atoms with van der Waals surface area (Å²) in [5, 5.41) is 0. The van der Waals surface area contributed by atoms with Gasteiger partial charge in [-0.2, -0.15) is 0 Å². The summed E-state index contributed by atoms with van der Waals surface area (Å²) in [5.74, 6) is 0.546. The van der Waals surface area contributed by atoms with Gasteiger partial charge in [0.1, 0.15) is 5.82 Å². The molecule has 15 heavy (non-hydrogen) atoms. The molecule has 82 valence electrons. The number of anilines is 1. The lowest BCUT2D eigenvalue weighted by Crippen LogP contribution is -2.22. The molecule has 0 radical (unpaired) electrons. The molecule has 0 unspecified atom stereocenters. The van der Waals surface area contributed by atoms with Crippen molar-refractivity contribution in [2.75, 3.05) is 18.8 Å². The van der Waals surface area contributed by atoms with Gasteiger partial charge in [-0.15, -0.1) is 0 Å². The highest BCUT2D eigenvalue weighted by atomic mass is 15.1. The second-order valence-corrected chi connectivity index (χ2v) is 3.50. The molecule has 0 bridgehead atoms. The Bertz CT molecular complexity index is 316. The van der Waals surface area contributed by atoms with Crippen molar-refractivity contribution in [1.29, 1.82) is 0 Å². The predicted octanol–water partition coefficient (Wildman–Crippen LogP) is 2.37. The summed E-state index contributed by atoms with van der Waals surface area (Å²) in [7, 11) is 0. The Morgan fingerprint density at radius 1 is 1.47 bits per heavy atom. The molecule has 0 fully saturated rings. The van der Waals surface area contributed by atoms with Crippen molar-refractivity contribution in [3.8, 4) is 0 Å². The molecule has 0 aliphatic heterocycles. The lowest BCUT2D eigenvalue weighted by Gasteiger charge is -2.24. The molecular formula is C12H19N3. The van der Waals surface area contributed by atoms with Gasteiger partial charge in [-0.1, -0.05) is 13.5 Å². The van der Waals surface area contributed by atoms with Crippen molar-refractivity contribution in [1.82, 2.24) is 9.88 Å². The second kappa shape index (κ2) is 5.39. The molecule has 1 heterocycles. The van der Waals surface area contributed by atoms with Gasteiger partial charge < -0.3 is 10.6 Å². The third-order valence-corrected chi connectivity index (χ3v) is 2.38. The van der Waals surface area contributed by atoms with Gasteiger partial charge in [-0.05, 0) is 25.5 Å². The Balaban J connectivity index is 2.78. The van der Waals surface area contributed by atoms with Crippen LogP contribution < -0.4 is 5.73 Å². The molecule has 0 saturated carbocycles. The summed E-state index contributed by atoms with van der Waals surface area (Å²) < 4.78 is 0. The van der Waals surface area contributed by atoms with Crippen molar-refractivity contribution >= 4 is 11.5 Å². The number of nitrogen functional groups attached to an aromatic ring is 1. The van der Waals surface area contributed by atoms with Crippen LogP contribution in [0, 0.1) is 0 Å². The summed E-state index contributed by atoms with van der Waals surface area (Å²) in [6.45, 7) is 10.4. The maximum atomic E-state index is 5.54. The molecule has 0 saturated heterocycles. The van der Waals surface area contributed by atoms with E-state index in [1.807, 2.05) is 6.07 Å². The van der Waals surface area contributed by atoms with Gasteiger partial charge in [0.05, 0.1) is 0 Å². The van der Waals surface area contributed by atoms with Crippen LogP contribution in [0.25, 0.3) is 5.70 Å². The normalized spacial score (nSPS) is 10.0. The first-order valence-corrected chi connectivity index (χ1v) is 5.34. The second-order valence-electron chi connectivity index (χ2n) is 3.50. The number of hydrogen-bond acceptors (Lipinski definition) is 3. The Morgan fingerprint density at radius 2 is 2.20 bits per heavy atom. The van der Waals surface area contributed by atoms with Gasteiger partial charge in [-0.25, -0.2) is 4.98 Å². The minimum Gasteiger partial charge on any atom is -0.384 e. The first-order valence-electron chi connectivity index (χ1n) is 5.34. The van der Waals surface area contributed by atoms with E-state index in [1.165, 1.54) is 0 Å². The number of nitrogens with two attached hydrogens (primary N) is 1. The molecule has 0 aromatic carbocycles. The lowest BCUT2D eigenvalue weighted by molar-refractivity contribution is 0.418. The van der Waals surface area contributed by atoms with E-state index < -0.39 is 0 Å². The van der Waals surface area contributed by atoms with Crippen molar-refractivity contribution in [3.63, 3.8) is 0 Å². The van der Waals surface area contributed by atoms with Gasteiger partial charge in [-0.3, -0.25) is 0 Å². The predicted molar refractivity (Wildman–Crippen MR) is 65.2 cm³/mol. The van der Waals surface area contributed by atoms with Crippen LogP contribution in [-0.4, -0.2) is 23.0 Å². The number of hydrogen-bond donors (Lipinski definition) is 1. The average molecular weight is 205 g/mol. The van der Waals surface area contributed by atoms with E-state index in [4.69, 9.17) is 5.73 Å². The van der Waals surface area contributed by atoms with E-state index in [2.05, 4.69) is 30.3 Å². The summed E-state index contributed by atoms with van der Waals surface area (Å²) in [6.07, 6.45) is 2.89. The van der Waals surface area contributed by atoms with Crippen molar-refractivity contribution in [2.45, 2.75) is 20.3 Å². The van der Waals surface area contributed by atoms with Crippen LogP contribution in [0.5, 0.6) is 0 Å². The van der Waals surface area contributed by atoms with E-state index in [1.54, 1.807) is 12.3 Å². The first kappa shape index (κ1) is 11.6. The summed E-state index contributed by atoms with van der Waals surface area (Å²) >= 11 is 0. The maximum Gasteiger partial charge on any atom is 0.123 e. The van der Waals surface area contributed by atoms with Gasteiger partial charge in [0, 0.05) is 30.5 Å². The van der Waals surface area contributed by atoms with Crippen LogP contribution in [-0.2, 0) is 0 Å². The van der Waals surface area contributed by atoms with E-state index in [-0.39, 0.29) is 0 Å². The quantitative estimate of drug-likeness (QED) is 0.802. The van der Waals surface area contributed by atoms with Gasteiger partial charge in [0.25, 0.3) is 0 Å². The first-order chi connectivity index (χ1) is 7.19. The number of rotatable bonds is 5. The van der Waals surface area contributed by atoms with E-state index in [9.17, 15) is 0 Å². The molecule has 0 amide bonds. The largest absolute Gasteiger partial charge is 0.384 e. The monoisotopic (exact) mass is 205 g/mol.